The van der Waals surface area contributed by atoms with Gasteiger partial charge in [0.1, 0.15) is 0 Å². The van der Waals surface area contributed by atoms with Crippen LogP contribution in [0.3, 0.4) is 0 Å². The molecule has 0 aromatic heterocycles. The van der Waals surface area contributed by atoms with E-state index in [1.54, 1.807) is 7.05 Å². The van der Waals surface area contributed by atoms with Crippen molar-refractivity contribution >= 4 is 21.5 Å². The molecule has 1 aromatic rings. The van der Waals surface area contributed by atoms with Crippen molar-refractivity contribution in [1.29, 1.82) is 0 Å². The van der Waals surface area contributed by atoms with Gasteiger partial charge in [-0.15, -0.1) is 7.05 Å². The fourth-order valence-corrected chi connectivity index (χ4v) is 1.11. The molecule has 0 saturated carbocycles. The molecule has 0 fully saturated rings. The first-order valence-electron chi connectivity index (χ1n) is 4.72. The number of rotatable bonds is 3. The summed E-state index contributed by atoms with van der Waals surface area (Å²) in [7, 11) is 5.98. The van der Waals surface area contributed by atoms with Crippen molar-refractivity contribution in [1.82, 2.24) is 0 Å². The van der Waals surface area contributed by atoms with Gasteiger partial charge in [0.25, 0.3) is 0 Å². The van der Waals surface area contributed by atoms with Gasteiger partial charge < -0.3 is 5.32 Å². The van der Waals surface area contributed by atoms with Gasteiger partial charge in [-0.25, -0.2) is 0 Å². The Morgan fingerprint density at radius 3 is 2.31 bits per heavy atom. The molecule has 0 saturated heterocycles. The van der Waals surface area contributed by atoms with Crippen LogP contribution in [0, 0.1) is 0 Å². The monoisotopic (exact) mass is 285 g/mol. The Hall–Kier alpha value is -0.761. The van der Waals surface area contributed by atoms with Gasteiger partial charge >= 0.3 is 25.2 Å². The second-order valence-corrected chi connectivity index (χ2v) is 3.10. The molecular weight excluding hydrogens is 271 g/mol. The summed E-state index contributed by atoms with van der Waals surface area (Å²) in [6.45, 7) is 3.94. The van der Waals surface area contributed by atoms with Crippen molar-refractivity contribution in [2.75, 3.05) is 7.05 Å². The van der Waals surface area contributed by atoms with E-state index in [-0.39, 0.29) is 0 Å². The van der Waals surface area contributed by atoms with Gasteiger partial charge in [-0.3, -0.25) is 4.99 Å². The third-order valence-electron chi connectivity index (χ3n) is 1.83. The van der Waals surface area contributed by atoms with Crippen molar-refractivity contribution in [3.8, 4) is 0 Å². The quantitative estimate of drug-likeness (QED) is 0.582. The second-order valence-electron chi connectivity index (χ2n) is 3.10. The molecule has 0 aliphatic carbocycles. The SMILES string of the molecule is C[N-]/C(C)=C\C(C)=Nc1ccccc1.[Cl][Cu+]. The Bertz CT molecular complexity index is 347. The predicted octanol–water partition coefficient (Wildman–Crippen LogP) is 4.37. The van der Waals surface area contributed by atoms with Crippen LogP contribution in [0.25, 0.3) is 5.32 Å². The van der Waals surface area contributed by atoms with E-state index in [0.29, 0.717) is 0 Å². The molecule has 16 heavy (non-hydrogen) atoms. The fourth-order valence-electron chi connectivity index (χ4n) is 1.11. The number of benzene rings is 1. The van der Waals surface area contributed by atoms with E-state index in [2.05, 4.69) is 35.5 Å². The molecule has 0 N–H and O–H groups in total. The molecule has 4 heteroatoms. The fraction of sp³-hybridized carbons (Fsp3) is 0.250. The molecule has 1 rings (SSSR count). The summed E-state index contributed by atoms with van der Waals surface area (Å²) in [6, 6.07) is 9.90. The third kappa shape index (κ3) is 6.67. The Balaban J connectivity index is 0.00000106. The van der Waals surface area contributed by atoms with E-state index in [9.17, 15) is 0 Å². The van der Waals surface area contributed by atoms with E-state index >= 15 is 0 Å². The van der Waals surface area contributed by atoms with Crippen LogP contribution >= 0.6 is 10.1 Å². The molecule has 0 aliphatic rings. The minimum absolute atomic E-state index is 0.972. The summed E-state index contributed by atoms with van der Waals surface area (Å²) in [5, 5.41) is 4.05. The van der Waals surface area contributed by atoms with Crippen molar-refractivity contribution in [2.45, 2.75) is 13.8 Å². The Labute approximate surface area is 110 Å². The first-order chi connectivity index (χ1) is 7.72. The summed E-state index contributed by atoms with van der Waals surface area (Å²) >= 11 is 3.66. The molecule has 0 heterocycles. The predicted molar refractivity (Wildman–Crippen MR) is 68.1 cm³/mol. The standard InChI is InChI=1S/C12H15N2.ClH.Cu/c1-10(13-3)9-11(2)14-12-7-5-4-6-8-12;;/h4-9H,1-3H3;1H;/q-1;;+2/p-1/b10-9-,14-11?;;. The summed E-state index contributed by atoms with van der Waals surface area (Å²) < 4.78 is 0. The minimum atomic E-state index is 0.972. The van der Waals surface area contributed by atoms with Crippen LogP contribution < -0.4 is 0 Å². The van der Waals surface area contributed by atoms with Crippen LogP contribution in [-0.4, -0.2) is 12.8 Å². The van der Waals surface area contributed by atoms with Gasteiger partial charge in [0.2, 0.25) is 0 Å². The van der Waals surface area contributed by atoms with Crippen molar-refractivity contribution in [3.05, 3.63) is 47.4 Å². The number of hydrogen-bond donors (Lipinski definition) is 0. The summed E-state index contributed by atoms with van der Waals surface area (Å²) in [4.78, 5) is 4.43. The molecule has 0 unspecified atom stereocenters. The molecule has 2 nitrogen and oxygen atoms in total. The number of para-hydroxylation sites is 1. The maximum atomic E-state index is 4.43. The topological polar surface area (TPSA) is 26.5 Å². The van der Waals surface area contributed by atoms with Crippen LogP contribution in [0.15, 0.2) is 47.1 Å². The number of aliphatic imine (C=N–C) groups is 1. The Morgan fingerprint density at radius 2 is 1.81 bits per heavy atom. The average Bonchev–Trinajstić information content (AvgIpc) is 2.32. The van der Waals surface area contributed by atoms with E-state index < -0.39 is 0 Å². The van der Waals surface area contributed by atoms with E-state index in [0.717, 1.165) is 17.1 Å². The number of hydrogen-bond acceptors (Lipinski definition) is 1. The molecule has 0 amide bonds. The van der Waals surface area contributed by atoms with Crippen molar-refractivity contribution in [2.24, 2.45) is 4.99 Å². The summed E-state index contributed by atoms with van der Waals surface area (Å²) in [6.07, 6.45) is 1.97. The van der Waals surface area contributed by atoms with E-state index in [1.165, 1.54) is 0 Å². The van der Waals surface area contributed by atoms with Crippen molar-refractivity contribution in [3.63, 3.8) is 0 Å². The van der Waals surface area contributed by atoms with Gasteiger partial charge in [-0.1, -0.05) is 31.2 Å². The molecule has 0 atom stereocenters. The van der Waals surface area contributed by atoms with Crippen LogP contribution in [0.2, 0.25) is 0 Å². The van der Waals surface area contributed by atoms with Crippen LogP contribution in [0.5, 0.6) is 0 Å². The molecule has 0 radical (unpaired) electrons. The molecule has 0 bridgehead atoms. The van der Waals surface area contributed by atoms with Gasteiger partial charge in [-0.2, -0.15) is 5.70 Å². The normalized spacial score (nSPS) is 11.6. The van der Waals surface area contributed by atoms with Crippen LogP contribution in [0.4, 0.5) is 5.69 Å². The summed E-state index contributed by atoms with van der Waals surface area (Å²) in [5.74, 6) is 0. The maximum absolute atomic E-state index is 4.43. The zero-order chi connectivity index (χ0) is 12.4. The molecule has 0 aliphatic heterocycles. The van der Waals surface area contributed by atoms with Gasteiger partial charge in [0.05, 0.1) is 5.69 Å². The third-order valence-corrected chi connectivity index (χ3v) is 1.83. The average molecular weight is 286 g/mol. The Kier molecular flexibility index (Phi) is 9.01. The van der Waals surface area contributed by atoms with E-state index in [4.69, 9.17) is 0 Å². The Morgan fingerprint density at radius 1 is 1.25 bits per heavy atom. The van der Waals surface area contributed by atoms with Crippen molar-refractivity contribution < 1.29 is 15.1 Å². The van der Waals surface area contributed by atoms with Crippen LogP contribution in [0.1, 0.15) is 13.8 Å². The number of nitrogens with zero attached hydrogens (tertiary/aromatic N) is 2. The molecule has 1 aromatic carbocycles. The first kappa shape index (κ1) is 15.2. The van der Waals surface area contributed by atoms with Crippen LogP contribution in [-0.2, 0) is 15.1 Å². The zero-order valence-electron chi connectivity index (χ0n) is 9.54. The second kappa shape index (κ2) is 9.46. The van der Waals surface area contributed by atoms with E-state index in [1.807, 2.05) is 50.3 Å². The molecule has 91 valence electrons. The van der Waals surface area contributed by atoms with Gasteiger partial charge in [0, 0.05) is 5.71 Å². The zero-order valence-corrected chi connectivity index (χ0v) is 11.2. The number of halogens is 1. The molecular formula is C12H15ClCuN2. The summed E-state index contributed by atoms with van der Waals surface area (Å²) in [5.41, 5.74) is 2.94. The van der Waals surface area contributed by atoms with Gasteiger partial charge in [0.15, 0.2) is 0 Å². The first-order valence-corrected chi connectivity index (χ1v) is 6.02. The van der Waals surface area contributed by atoms with Gasteiger partial charge in [-0.05, 0) is 19.1 Å². The molecule has 0 spiro atoms. The number of allylic oxidation sites excluding steroid dienone is 2.